The fourth-order valence-electron chi connectivity index (χ4n) is 4.01. The van der Waals surface area contributed by atoms with E-state index < -0.39 is 6.10 Å². The van der Waals surface area contributed by atoms with Crippen LogP contribution in [0, 0.1) is 5.92 Å². The van der Waals surface area contributed by atoms with Gasteiger partial charge in [0, 0.05) is 6.54 Å². The number of carbonyl (C=O) groups is 1. The van der Waals surface area contributed by atoms with Gasteiger partial charge in [-0.15, -0.1) is 0 Å². The van der Waals surface area contributed by atoms with E-state index in [2.05, 4.69) is 29.3 Å². The number of amides is 1. The molecule has 0 spiro atoms. The zero-order valence-electron chi connectivity index (χ0n) is 16.9. The fraction of sp³-hybridized carbons (Fsp3) is 0.458. The van der Waals surface area contributed by atoms with E-state index in [0.29, 0.717) is 12.5 Å². The number of carbonyl (C=O) groups excluding carboxylic acids is 1. The van der Waals surface area contributed by atoms with Crippen molar-refractivity contribution in [3.63, 3.8) is 0 Å². The van der Waals surface area contributed by atoms with Crippen LogP contribution in [-0.4, -0.2) is 41.6 Å². The largest absolute Gasteiger partial charge is 0.388 e. The van der Waals surface area contributed by atoms with E-state index in [4.69, 9.17) is 0 Å². The van der Waals surface area contributed by atoms with Crippen LogP contribution in [0.2, 0.25) is 0 Å². The van der Waals surface area contributed by atoms with Crippen LogP contribution in [0.5, 0.6) is 0 Å². The van der Waals surface area contributed by atoms with Gasteiger partial charge in [0.25, 0.3) is 0 Å². The first kappa shape index (κ1) is 20.6. The number of aliphatic hydroxyl groups is 1. The molecule has 4 heteroatoms. The Morgan fingerprint density at radius 1 is 1.00 bits per heavy atom. The molecule has 3 atom stereocenters. The van der Waals surface area contributed by atoms with Gasteiger partial charge in [0.15, 0.2) is 0 Å². The first-order valence-electron chi connectivity index (χ1n) is 10.4. The summed E-state index contributed by atoms with van der Waals surface area (Å²) in [5, 5.41) is 13.7. The Balaban J connectivity index is 1.45. The number of hydrogen-bond donors (Lipinski definition) is 2. The molecule has 1 aliphatic heterocycles. The highest BCUT2D eigenvalue weighted by Gasteiger charge is 2.30. The minimum absolute atomic E-state index is 0.0878. The summed E-state index contributed by atoms with van der Waals surface area (Å²) in [6.07, 6.45) is 1.40. The van der Waals surface area contributed by atoms with Crippen LogP contribution in [0.4, 0.5) is 0 Å². The molecule has 1 fully saturated rings. The van der Waals surface area contributed by atoms with Crippen molar-refractivity contribution in [2.75, 3.05) is 19.6 Å². The van der Waals surface area contributed by atoms with Crippen molar-refractivity contribution in [3.05, 3.63) is 71.8 Å². The van der Waals surface area contributed by atoms with Gasteiger partial charge in [0.1, 0.15) is 0 Å². The lowest BCUT2D eigenvalue weighted by molar-refractivity contribution is -0.126. The van der Waals surface area contributed by atoms with Gasteiger partial charge in [-0.1, -0.05) is 67.6 Å². The van der Waals surface area contributed by atoms with E-state index in [0.717, 1.165) is 31.5 Å². The number of benzene rings is 2. The molecule has 28 heavy (non-hydrogen) atoms. The Bertz CT molecular complexity index is 727. The first-order chi connectivity index (χ1) is 13.6. The van der Waals surface area contributed by atoms with Crippen molar-refractivity contribution in [1.82, 2.24) is 10.2 Å². The van der Waals surface area contributed by atoms with Gasteiger partial charge in [0.2, 0.25) is 5.91 Å². The molecule has 2 aromatic rings. The molecule has 2 aromatic carbocycles. The van der Waals surface area contributed by atoms with Crippen molar-refractivity contribution in [2.24, 2.45) is 5.92 Å². The molecule has 150 valence electrons. The highest BCUT2D eigenvalue weighted by Crippen LogP contribution is 2.31. The molecule has 4 nitrogen and oxygen atoms in total. The molecule has 0 aliphatic carbocycles. The standard InChI is InChI=1S/C24H32N2O2/c1-18(20-9-5-3-6-10-20)17-25-24(28)19(2)26-15-13-22(14-16-26)23(27)21-11-7-4-8-12-21/h3-12,18-19,22-23,27H,13-17H2,1-2H3,(H,25,28). The van der Waals surface area contributed by atoms with Crippen molar-refractivity contribution in [3.8, 4) is 0 Å². The molecule has 3 rings (SSSR count). The van der Waals surface area contributed by atoms with Crippen molar-refractivity contribution in [2.45, 2.75) is 44.8 Å². The van der Waals surface area contributed by atoms with Gasteiger partial charge in [-0.25, -0.2) is 0 Å². The maximum absolute atomic E-state index is 12.6. The van der Waals surface area contributed by atoms with Crippen LogP contribution in [0.3, 0.4) is 0 Å². The predicted octanol–water partition coefficient (Wildman–Crippen LogP) is 3.74. The van der Waals surface area contributed by atoms with Crippen molar-refractivity contribution < 1.29 is 9.90 Å². The first-order valence-corrected chi connectivity index (χ1v) is 10.4. The van der Waals surface area contributed by atoms with E-state index in [1.54, 1.807) is 0 Å². The van der Waals surface area contributed by atoms with Gasteiger partial charge < -0.3 is 10.4 Å². The molecule has 0 radical (unpaired) electrons. The minimum atomic E-state index is -0.417. The highest BCUT2D eigenvalue weighted by atomic mass is 16.3. The molecule has 1 aliphatic rings. The lowest BCUT2D eigenvalue weighted by Crippen LogP contribution is -2.49. The molecule has 1 amide bonds. The van der Waals surface area contributed by atoms with Gasteiger partial charge in [-0.05, 0) is 55.8 Å². The van der Waals surface area contributed by atoms with Gasteiger partial charge in [0.05, 0.1) is 12.1 Å². The van der Waals surface area contributed by atoms with Crippen LogP contribution in [0.15, 0.2) is 60.7 Å². The van der Waals surface area contributed by atoms with E-state index >= 15 is 0 Å². The zero-order chi connectivity index (χ0) is 19.9. The smallest absolute Gasteiger partial charge is 0.237 e. The summed E-state index contributed by atoms with van der Waals surface area (Å²) >= 11 is 0. The Morgan fingerprint density at radius 3 is 2.11 bits per heavy atom. The normalized spacial score (nSPS) is 19.0. The topological polar surface area (TPSA) is 52.6 Å². The van der Waals surface area contributed by atoms with Crippen LogP contribution in [0.1, 0.15) is 49.8 Å². The van der Waals surface area contributed by atoms with E-state index in [1.807, 2.05) is 55.5 Å². The Labute approximate surface area is 168 Å². The fourth-order valence-corrected chi connectivity index (χ4v) is 4.01. The summed E-state index contributed by atoms with van der Waals surface area (Å²) in [6, 6.07) is 20.0. The Morgan fingerprint density at radius 2 is 1.54 bits per heavy atom. The average molecular weight is 381 g/mol. The number of nitrogens with zero attached hydrogens (tertiary/aromatic N) is 1. The maximum atomic E-state index is 12.6. The van der Waals surface area contributed by atoms with Gasteiger partial charge >= 0.3 is 0 Å². The third kappa shape index (κ3) is 5.21. The highest BCUT2D eigenvalue weighted by molar-refractivity contribution is 5.81. The zero-order valence-corrected chi connectivity index (χ0v) is 16.9. The molecule has 0 saturated carbocycles. The average Bonchev–Trinajstić information content (AvgIpc) is 2.77. The Hall–Kier alpha value is -2.17. The van der Waals surface area contributed by atoms with Crippen LogP contribution in [-0.2, 0) is 4.79 Å². The van der Waals surface area contributed by atoms with E-state index in [-0.39, 0.29) is 17.9 Å². The maximum Gasteiger partial charge on any atom is 0.237 e. The number of rotatable bonds is 7. The second-order valence-corrected chi connectivity index (χ2v) is 7.96. The molecule has 0 aromatic heterocycles. The van der Waals surface area contributed by atoms with Crippen LogP contribution in [0.25, 0.3) is 0 Å². The monoisotopic (exact) mass is 380 g/mol. The van der Waals surface area contributed by atoms with Crippen molar-refractivity contribution in [1.29, 1.82) is 0 Å². The summed E-state index contributed by atoms with van der Waals surface area (Å²) in [5.41, 5.74) is 2.23. The predicted molar refractivity (Wildman–Crippen MR) is 113 cm³/mol. The van der Waals surface area contributed by atoms with Crippen LogP contribution < -0.4 is 5.32 Å². The molecular weight excluding hydrogens is 348 g/mol. The number of hydrogen-bond acceptors (Lipinski definition) is 3. The summed E-state index contributed by atoms with van der Waals surface area (Å²) in [4.78, 5) is 14.8. The summed E-state index contributed by atoms with van der Waals surface area (Å²) in [5.74, 6) is 0.640. The Kier molecular flexibility index (Phi) is 7.24. The summed E-state index contributed by atoms with van der Waals surface area (Å²) < 4.78 is 0. The SMILES string of the molecule is CC(CNC(=O)C(C)N1CCC(C(O)c2ccccc2)CC1)c1ccccc1. The second kappa shape index (κ2) is 9.85. The van der Waals surface area contributed by atoms with Crippen LogP contribution >= 0.6 is 0 Å². The molecule has 1 saturated heterocycles. The lowest BCUT2D eigenvalue weighted by Gasteiger charge is -2.37. The second-order valence-electron chi connectivity index (χ2n) is 7.96. The van der Waals surface area contributed by atoms with Crippen molar-refractivity contribution >= 4 is 5.91 Å². The number of aliphatic hydroxyl groups excluding tert-OH is 1. The molecular formula is C24H32N2O2. The molecule has 1 heterocycles. The number of nitrogens with one attached hydrogen (secondary N) is 1. The molecule has 3 unspecified atom stereocenters. The quantitative estimate of drug-likeness (QED) is 0.769. The van der Waals surface area contributed by atoms with E-state index in [9.17, 15) is 9.90 Å². The summed E-state index contributed by atoms with van der Waals surface area (Å²) in [6.45, 7) is 6.46. The van der Waals surface area contributed by atoms with E-state index in [1.165, 1.54) is 5.56 Å². The van der Waals surface area contributed by atoms with Gasteiger partial charge in [-0.3, -0.25) is 9.69 Å². The summed E-state index contributed by atoms with van der Waals surface area (Å²) in [7, 11) is 0. The third-order valence-electron chi connectivity index (χ3n) is 6.04. The van der Waals surface area contributed by atoms with Gasteiger partial charge in [-0.2, -0.15) is 0 Å². The number of likely N-dealkylation sites (tertiary alicyclic amines) is 1. The number of piperidine rings is 1. The molecule has 0 bridgehead atoms. The molecule has 2 N–H and O–H groups in total. The minimum Gasteiger partial charge on any atom is -0.388 e. The lowest BCUT2D eigenvalue weighted by atomic mass is 9.87. The third-order valence-corrected chi connectivity index (χ3v) is 6.04.